The van der Waals surface area contributed by atoms with Gasteiger partial charge in [-0.05, 0) is 49.5 Å². The Morgan fingerprint density at radius 1 is 1.12 bits per heavy atom. The van der Waals surface area contributed by atoms with Crippen LogP contribution in [0.2, 0.25) is 0 Å². The molecular weight excluding hydrogens is 302 g/mol. The lowest BCUT2D eigenvalue weighted by atomic mass is 10.1. The number of amides is 1. The third kappa shape index (κ3) is 4.99. The number of rotatable bonds is 7. The number of hydrogen-bond acceptors (Lipinski definition) is 4. The number of anilines is 1. The first-order valence-corrected chi connectivity index (χ1v) is 7.91. The zero-order valence-electron chi connectivity index (χ0n) is 14.5. The van der Waals surface area contributed by atoms with Crippen molar-refractivity contribution in [2.24, 2.45) is 0 Å². The first kappa shape index (κ1) is 17.8. The van der Waals surface area contributed by atoms with Crippen molar-refractivity contribution in [2.75, 3.05) is 33.5 Å². The van der Waals surface area contributed by atoms with Crippen LogP contribution < -0.4 is 15.8 Å². The summed E-state index contributed by atoms with van der Waals surface area (Å²) in [6, 6.07) is 15.4. The predicted molar refractivity (Wildman–Crippen MR) is 97.0 cm³/mol. The van der Waals surface area contributed by atoms with Crippen LogP contribution in [0, 0.1) is 0 Å². The molecular formula is C19H25N3O2. The van der Waals surface area contributed by atoms with Crippen molar-refractivity contribution >= 4 is 11.6 Å². The van der Waals surface area contributed by atoms with Gasteiger partial charge in [0.05, 0.1) is 19.6 Å². The van der Waals surface area contributed by atoms with Crippen LogP contribution >= 0.6 is 0 Å². The third-order valence-electron chi connectivity index (χ3n) is 3.96. The normalized spacial score (nSPS) is 12.0. The van der Waals surface area contributed by atoms with E-state index >= 15 is 0 Å². The molecule has 0 radical (unpaired) electrons. The van der Waals surface area contributed by atoms with Gasteiger partial charge >= 0.3 is 0 Å². The standard InChI is InChI=1S/C19H25N3O2/c1-22(2)18(15-6-10-17(24-3)11-7-15)13-21-19(23)12-14-4-8-16(20)9-5-14/h4-11,18H,12-13,20H2,1-3H3,(H,21,23). The number of hydrogen-bond donors (Lipinski definition) is 2. The molecule has 1 unspecified atom stereocenters. The van der Waals surface area contributed by atoms with Crippen LogP contribution in [0.3, 0.4) is 0 Å². The molecule has 2 aromatic carbocycles. The Hall–Kier alpha value is -2.53. The van der Waals surface area contributed by atoms with Gasteiger partial charge < -0.3 is 20.7 Å². The number of nitrogens with one attached hydrogen (secondary N) is 1. The van der Waals surface area contributed by atoms with E-state index in [9.17, 15) is 4.79 Å². The maximum Gasteiger partial charge on any atom is 0.224 e. The Balaban J connectivity index is 1.95. The van der Waals surface area contributed by atoms with E-state index in [2.05, 4.69) is 10.2 Å². The van der Waals surface area contributed by atoms with Crippen LogP contribution in [0.5, 0.6) is 5.75 Å². The van der Waals surface area contributed by atoms with E-state index in [4.69, 9.17) is 10.5 Å². The SMILES string of the molecule is COc1ccc(C(CNC(=O)Cc2ccc(N)cc2)N(C)C)cc1. The van der Waals surface area contributed by atoms with E-state index < -0.39 is 0 Å². The van der Waals surface area contributed by atoms with E-state index in [-0.39, 0.29) is 11.9 Å². The Morgan fingerprint density at radius 2 is 1.75 bits per heavy atom. The number of likely N-dealkylation sites (N-methyl/N-ethyl adjacent to an activating group) is 1. The van der Waals surface area contributed by atoms with Crippen molar-refractivity contribution in [2.45, 2.75) is 12.5 Å². The van der Waals surface area contributed by atoms with Gasteiger partial charge in [0.1, 0.15) is 5.75 Å². The molecule has 1 atom stereocenters. The fraction of sp³-hybridized carbons (Fsp3) is 0.316. The minimum absolute atomic E-state index is 0.000123. The summed E-state index contributed by atoms with van der Waals surface area (Å²) in [5.41, 5.74) is 8.44. The molecule has 0 bridgehead atoms. The molecule has 5 heteroatoms. The molecule has 3 N–H and O–H groups in total. The summed E-state index contributed by atoms with van der Waals surface area (Å²) in [7, 11) is 5.65. The molecule has 128 valence electrons. The monoisotopic (exact) mass is 327 g/mol. The van der Waals surface area contributed by atoms with Crippen molar-refractivity contribution in [1.29, 1.82) is 0 Å². The summed E-state index contributed by atoms with van der Waals surface area (Å²) >= 11 is 0. The van der Waals surface area contributed by atoms with Crippen molar-refractivity contribution in [3.05, 3.63) is 59.7 Å². The van der Waals surface area contributed by atoms with Crippen molar-refractivity contribution in [3.63, 3.8) is 0 Å². The molecule has 0 aliphatic carbocycles. The van der Waals surface area contributed by atoms with Gasteiger partial charge in [-0.15, -0.1) is 0 Å². The van der Waals surface area contributed by atoms with Crippen LogP contribution in [-0.4, -0.2) is 38.6 Å². The highest BCUT2D eigenvalue weighted by atomic mass is 16.5. The smallest absolute Gasteiger partial charge is 0.224 e. The topological polar surface area (TPSA) is 67.6 Å². The molecule has 0 spiro atoms. The Bertz CT molecular complexity index is 651. The van der Waals surface area contributed by atoms with E-state index in [0.29, 0.717) is 18.7 Å². The number of carbonyl (C=O) groups excluding carboxylic acids is 1. The molecule has 0 saturated heterocycles. The molecule has 0 aromatic heterocycles. The first-order valence-electron chi connectivity index (χ1n) is 7.91. The van der Waals surface area contributed by atoms with Crippen molar-refractivity contribution in [1.82, 2.24) is 10.2 Å². The average molecular weight is 327 g/mol. The quantitative estimate of drug-likeness (QED) is 0.765. The summed E-state index contributed by atoms with van der Waals surface area (Å²) < 4.78 is 5.19. The van der Waals surface area contributed by atoms with Gasteiger partial charge in [0, 0.05) is 12.2 Å². The minimum Gasteiger partial charge on any atom is -0.497 e. The second-order valence-electron chi connectivity index (χ2n) is 5.98. The zero-order chi connectivity index (χ0) is 17.5. The molecule has 0 aliphatic rings. The highest BCUT2D eigenvalue weighted by molar-refractivity contribution is 5.78. The molecule has 5 nitrogen and oxygen atoms in total. The molecule has 0 saturated carbocycles. The molecule has 0 fully saturated rings. The van der Waals surface area contributed by atoms with Crippen LogP contribution in [0.4, 0.5) is 5.69 Å². The molecule has 0 heterocycles. The van der Waals surface area contributed by atoms with Crippen molar-refractivity contribution in [3.8, 4) is 5.75 Å². The average Bonchev–Trinajstić information content (AvgIpc) is 2.57. The lowest BCUT2D eigenvalue weighted by Crippen LogP contribution is -2.35. The van der Waals surface area contributed by atoms with Gasteiger partial charge in [0.15, 0.2) is 0 Å². The van der Waals surface area contributed by atoms with Gasteiger partial charge in [-0.25, -0.2) is 0 Å². The maximum absolute atomic E-state index is 12.2. The highest BCUT2D eigenvalue weighted by Crippen LogP contribution is 2.20. The fourth-order valence-electron chi connectivity index (χ4n) is 2.52. The number of benzene rings is 2. The molecule has 1 amide bonds. The van der Waals surface area contributed by atoms with E-state index in [1.165, 1.54) is 0 Å². The molecule has 2 rings (SSSR count). The lowest BCUT2D eigenvalue weighted by Gasteiger charge is -2.25. The molecule has 0 aliphatic heterocycles. The lowest BCUT2D eigenvalue weighted by molar-refractivity contribution is -0.120. The predicted octanol–water partition coefficient (Wildman–Crippen LogP) is 2.24. The summed E-state index contributed by atoms with van der Waals surface area (Å²) in [5.74, 6) is 0.823. The third-order valence-corrected chi connectivity index (χ3v) is 3.96. The van der Waals surface area contributed by atoms with Crippen LogP contribution in [0.1, 0.15) is 17.2 Å². The minimum atomic E-state index is 0.000123. The van der Waals surface area contributed by atoms with E-state index in [0.717, 1.165) is 16.9 Å². The fourth-order valence-corrected chi connectivity index (χ4v) is 2.52. The van der Waals surface area contributed by atoms with E-state index in [1.54, 1.807) is 7.11 Å². The first-order chi connectivity index (χ1) is 11.5. The van der Waals surface area contributed by atoms with Gasteiger partial charge in [0.25, 0.3) is 0 Å². The number of ether oxygens (including phenoxy) is 1. The Kier molecular flexibility index (Phi) is 6.21. The largest absolute Gasteiger partial charge is 0.497 e. The number of methoxy groups -OCH3 is 1. The van der Waals surface area contributed by atoms with Crippen LogP contribution in [0.15, 0.2) is 48.5 Å². The second-order valence-corrected chi connectivity index (χ2v) is 5.98. The van der Waals surface area contributed by atoms with Crippen LogP contribution in [-0.2, 0) is 11.2 Å². The Morgan fingerprint density at radius 3 is 2.29 bits per heavy atom. The van der Waals surface area contributed by atoms with Gasteiger partial charge in [-0.1, -0.05) is 24.3 Å². The number of nitrogens with two attached hydrogens (primary N) is 1. The highest BCUT2D eigenvalue weighted by Gasteiger charge is 2.15. The van der Waals surface area contributed by atoms with Gasteiger partial charge in [0.2, 0.25) is 5.91 Å². The summed E-state index contributed by atoms with van der Waals surface area (Å²) in [5, 5.41) is 3.01. The number of carbonyl (C=O) groups is 1. The molecule has 2 aromatic rings. The summed E-state index contributed by atoms with van der Waals surface area (Å²) in [6.45, 7) is 0.549. The van der Waals surface area contributed by atoms with Gasteiger partial charge in [-0.2, -0.15) is 0 Å². The van der Waals surface area contributed by atoms with Gasteiger partial charge in [-0.3, -0.25) is 4.79 Å². The number of nitrogen functional groups attached to an aromatic ring is 1. The molecule has 24 heavy (non-hydrogen) atoms. The number of nitrogens with zero attached hydrogens (tertiary/aromatic N) is 1. The maximum atomic E-state index is 12.2. The zero-order valence-corrected chi connectivity index (χ0v) is 14.5. The van der Waals surface area contributed by atoms with Crippen molar-refractivity contribution < 1.29 is 9.53 Å². The van der Waals surface area contributed by atoms with E-state index in [1.807, 2.05) is 62.6 Å². The second kappa shape index (κ2) is 8.36. The van der Waals surface area contributed by atoms with Crippen LogP contribution in [0.25, 0.3) is 0 Å². The summed E-state index contributed by atoms with van der Waals surface area (Å²) in [4.78, 5) is 14.3. The summed E-state index contributed by atoms with van der Waals surface area (Å²) in [6.07, 6.45) is 0.350. The Labute approximate surface area is 143 Å².